The number of nitrogens with zero attached hydrogens (tertiary/aromatic N) is 5. The zero-order valence-corrected chi connectivity index (χ0v) is 14.7. The number of carbonyl (C=O) groups excluding carboxylic acids is 1. The Morgan fingerprint density at radius 3 is 2.29 bits per heavy atom. The first-order valence-electron chi connectivity index (χ1n) is 8.75. The molecule has 0 radical (unpaired) electrons. The van der Waals surface area contributed by atoms with E-state index < -0.39 is 0 Å². The maximum atomic E-state index is 13.0. The molecule has 128 valence electrons. The van der Waals surface area contributed by atoms with E-state index in [1.165, 1.54) is 5.69 Å². The lowest BCUT2D eigenvalue weighted by atomic mass is 9.92. The van der Waals surface area contributed by atoms with Gasteiger partial charge in [-0.15, -0.1) is 0 Å². The van der Waals surface area contributed by atoms with E-state index in [-0.39, 0.29) is 5.91 Å². The van der Waals surface area contributed by atoms with Gasteiger partial charge in [0.05, 0.1) is 17.0 Å². The van der Waals surface area contributed by atoms with E-state index >= 15 is 0 Å². The summed E-state index contributed by atoms with van der Waals surface area (Å²) < 4.78 is 1.94. The van der Waals surface area contributed by atoms with Gasteiger partial charge in [-0.25, -0.2) is 9.97 Å². The smallest absolute Gasteiger partial charge is 0.257 e. The Hall–Kier alpha value is -2.24. The highest BCUT2D eigenvalue weighted by molar-refractivity contribution is 5.96. The van der Waals surface area contributed by atoms with Gasteiger partial charge in [0.15, 0.2) is 0 Å². The monoisotopic (exact) mass is 327 g/mol. The van der Waals surface area contributed by atoms with Gasteiger partial charge in [-0.2, -0.15) is 5.10 Å². The van der Waals surface area contributed by atoms with Crippen LogP contribution in [0.2, 0.25) is 0 Å². The van der Waals surface area contributed by atoms with E-state index in [0.29, 0.717) is 5.92 Å². The van der Waals surface area contributed by atoms with E-state index in [2.05, 4.69) is 21.1 Å². The predicted octanol–water partition coefficient (Wildman–Crippen LogP) is 2.35. The summed E-state index contributed by atoms with van der Waals surface area (Å²) in [6, 6.07) is 2.08. The summed E-state index contributed by atoms with van der Waals surface area (Å²) >= 11 is 0. The number of amides is 1. The van der Waals surface area contributed by atoms with Crippen LogP contribution in [0, 0.1) is 0 Å². The minimum atomic E-state index is 0.0905. The van der Waals surface area contributed by atoms with Crippen LogP contribution in [-0.4, -0.2) is 43.6 Å². The number of hydrogen-bond donors (Lipinski definition) is 0. The minimum absolute atomic E-state index is 0.0905. The van der Waals surface area contributed by atoms with Crippen LogP contribution in [0.5, 0.6) is 0 Å². The number of likely N-dealkylation sites (tertiary alicyclic amines) is 1. The number of piperidine rings is 1. The van der Waals surface area contributed by atoms with Crippen molar-refractivity contribution in [2.24, 2.45) is 7.05 Å². The van der Waals surface area contributed by atoms with E-state index in [1.54, 1.807) is 6.33 Å². The molecule has 0 bridgehead atoms. The number of hydrogen-bond acceptors (Lipinski definition) is 4. The van der Waals surface area contributed by atoms with Crippen LogP contribution in [0.25, 0.3) is 0 Å². The van der Waals surface area contributed by atoms with Gasteiger partial charge in [0, 0.05) is 37.9 Å². The van der Waals surface area contributed by atoms with Gasteiger partial charge >= 0.3 is 0 Å². The van der Waals surface area contributed by atoms with E-state index in [9.17, 15) is 4.79 Å². The summed E-state index contributed by atoms with van der Waals surface area (Å²) in [5.41, 5.74) is 3.70. The Bertz CT molecular complexity index is 694. The van der Waals surface area contributed by atoms with Gasteiger partial charge in [-0.3, -0.25) is 9.48 Å². The summed E-state index contributed by atoms with van der Waals surface area (Å²) in [6.45, 7) is 5.62. The fourth-order valence-corrected chi connectivity index (χ4v) is 3.57. The van der Waals surface area contributed by atoms with Crippen molar-refractivity contribution in [3.63, 3.8) is 0 Å². The van der Waals surface area contributed by atoms with Crippen LogP contribution in [0.15, 0.2) is 18.6 Å². The van der Waals surface area contributed by atoms with Gasteiger partial charge in [0.2, 0.25) is 0 Å². The average molecular weight is 327 g/mol. The molecular formula is C18H25N5O. The first-order valence-corrected chi connectivity index (χ1v) is 8.75. The topological polar surface area (TPSA) is 63.9 Å². The number of carbonyl (C=O) groups is 1. The van der Waals surface area contributed by atoms with Crippen molar-refractivity contribution in [2.75, 3.05) is 13.1 Å². The largest absolute Gasteiger partial charge is 0.338 e. The van der Waals surface area contributed by atoms with Crippen molar-refractivity contribution in [1.82, 2.24) is 24.6 Å². The summed E-state index contributed by atoms with van der Waals surface area (Å²) in [6.07, 6.45) is 6.87. The van der Waals surface area contributed by atoms with Crippen LogP contribution in [0.4, 0.5) is 0 Å². The number of rotatable bonds is 4. The maximum Gasteiger partial charge on any atom is 0.257 e. The summed E-state index contributed by atoms with van der Waals surface area (Å²) in [5, 5.41) is 4.26. The van der Waals surface area contributed by atoms with Gasteiger partial charge in [0.1, 0.15) is 6.33 Å². The lowest BCUT2D eigenvalue weighted by Crippen LogP contribution is -2.39. The molecule has 0 unspecified atom stereocenters. The fourth-order valence-electron chi connectivity index (χ4n) is 3.57. The lowest BCUT2D eigenvalue weighted by molar-refractivity contribution is 0.0708. The Labute approximate surface area is 142 Å². The molecule has 1 fully saturated rings. The molecule has 0 N–H and O–H groups in total. The predicted molar refractivity (Wildman–Crippen MR) is 91.9 cm³/mol. The third-order valence-electron chi connectivity index (χ3n) is 4.95. The first kappa shape index (κ1) is 16.6. The molecule has 0 aromatic carbocycles. The van der Waals surface area contributed by atoms with Crippen LogP contribution < -0.4 is 0 Å². The van der Waals surface area contributed by atoms with Crippen molar-refractivity contribution in [3.8, 4) is 0 Å². The molecular weight excluding hydrogens is 302 g/mol. The molecule has 0 spiro atoms. The van der Waals surface area contributed by atoms with E-state index in [0.717, 1.165) is 55.7 Å². The average Bonchev–Trinajstić information content (AvgIpc) is 3.06. The molecule has 6 heteroatoms. The maximum absolute atomic E-state index is 13.0. The third kappa shape index (κ3) is 3.05. The zero-order valence-electron chi connectivity index (χ0n) is 14.7. The lowest BCUT2D eigenvalue weighted by Gasteiger charge is -2.32. The van der Waals surface area contributed by atoms with E-state index in [4.69, 9.17) is 0 Å². The van der Waals surface area contributed by atoms with Crippen LogP contribution in [-0.2, 0) is 19.9 Å². The second kappa shape index (κ2) is 7.11. The van der Waals surface area contributed by atoms with Gasteiger partial charge < -0.3 is 4.90 Å². The molecule has 1 saturated heterocycles. The molecule has 24 heavy (non-hydrogen) atoms. The molecule has 0 aliphatic carbocycles. The molecule has 1 amide bonds. The normalized spacial score (nSPS) is 15.7. The highest BCUT2D eigenvalue weighted by atomic mass is 16.2. The van der Waals surface area contributed by atoms with Crippen molar-refractivity contribution in [1.29, 1.82) is 0 Å². The van der Waals surface area contributed by atoms with Crippen LogP contribution in [0.3, 0.4) is 0 Å². The molecule has 1 aliphatic rings. The second-order valence-electron chi connectivity index (χ2n) is 6.30. The molecule has 0 saturated carbocycles. The molecule has 3 rings (SSSR count). The Morgan fingerprint density at radius 1 is 1.17 bits per heavy atom. The highest BCUT2D eigenvalue weighted by Gasteiger charge is 2.28. The molecule has 6 nitrogen and oxygen atoms in total. The Morgan fingerprint density at radius 2 is 1.79 bits per heavy atom. The van der Waals surface area contributed by atoms with Crippen molar-refractivity contribution in [2.45, 2.75) is 45.4 Å². The van der Waals surface area contributed by atoms with Gasteiger partial charge in [0.25, 0.3) is 5.91 Å². The first-order chi connectivity index (χ1) is 11.7. The summed E-state index contributed by atoms with van der Waals surface area (Å²) in [7, 11) is 1.98. The standard InChI is InChI=1S/C18H25N5O/c1-4-14-17(15(5-2)20-12-19-14)18(24)23-10-7-13(8-11-23)16-6-9-21-22(16)3/h6,9,12-13H,4-5,7-8,10-11H2,1-3H3. The van der Waals surface area contributed by atoms with Crippen LogP contribution >= 0.6 is 0 Å². The van der Waals surface area contributed by atoms with Crippen molar-refractivity contribution in [3.05, 3.63) is 41.2 Å². The summed E-state index contributed by atoms with van der Waals surface area (Å²) in [5.74, 6) is 0.567. The van der Waals surface area contributed by atoms with Gasteiger partial charge in [-0.05, 0) is 31.7 Å². The van der Waals surface area contributed by atoms with Crippen LogP contribution in [0.1, 0.15) is 60.0 Å². The van der Waals surface area contributed by atoms with Crippen molar-refractivity contribution >= 4 is 5.91 Å². The minimum Gasteiger partial charge on any atom is -0.338 e. The highest BCUT2D eigenvalue weighted by Crippen LogP contribution is 2.28. The molecule has 2 aromatic heterocycles. The molecule has 2 aromatic rings. The molecule has 0 atom stereocenters. The Balaban J connectivity index is 1.75. The fraction of sp³-hybridized carbons (Fsp3) is 0.556. The second-order valence-corrected chi connectivity index (χ2v) is 6.30. The van der Waals surface area contributed by atoms with Gasteiger partial charge in [-0.1, -0.05) is 13.8 Å². The Kier molecular flexibility index (Phi) is 4.92. The van der Waals surface area contributed by atoms with Crippen molar-refractivity contribution < 1.29 is 4.79 Å². The number of aryl methyl sites for hydroxylation is 3. The zero-order chi connectivity index (χ0) is 17.1. The molecule has 3 heterocycles. The van der Waals surface area contributed by atoms with E-state index in [1.807, 2.05) is 36.7 Å². The number of aromatic nitrogens is 4. The quantitative estimate of drug-likeness (QED) is 0.865. The summed E-state index contributed by atoms with van der Waals surface area (Å²) in [4.78, 5) is 23.6. The SMILES string of the molecule is CCc1ncnc(CC)c1C(=O)N1CCC(c2ccnn2C)CC1. The molecule has 1 aliphatic heterocycles. The third-order valence-corrected chi connectivity index (χ3v) is 4.95.